The number of carbonyl (C=O) groups is 1. The normalized spacial score (nSPS) is 11.8. The van der Waals surface area contributed by atoms with E-state index in [9.17, 15) is 4.79 Å². The minimum absolute atomic E-state index is 0.0695. The Morgan fingerprint density at radius 2 is 1.48 bits per heavy atom. The molecule has 3 rings (SSSR count). The quantitative estimate of drug-likeness (QED) is 0.507. The zero-order chi connectivity index (χ0) is 17.6. The Hall–Kier alpha value is -2.29. The summed E-state index contributed by atoms with van der Waals surface area (Å²) >= 11 is 12.2. The minimum Gasteiger partial charge on any atom is -0.378 e. The third-order valence-corrected chi connectivity index (χ3v) is 4.69. The molecule has 1 N–H and O–H groups in total. The van der Waals surface area contributed by atoms with Gasteiger partial charge in [-0.2, -0.15) is 0 Å². The van der Waals surface area contributed by atoms with Crippen LogP contribution in [0.4, 0.5) is 5.69 Å². The van der Waals surface area contributed by atoms with Gasteiger partial charge in [0.25, 0.3) is 0 Å². The van der Waals surface area contributed by atoms with E-state index in [0.29, 0.717) is 22.0 Å². The van der Waals surface area contributed by atoms with Crippen molar-refractivity contribution in [2.75, 3.05) is 5.32 Å². The van der Waals surface area contributed by atoms with Crippen molar-refractivity contribution in [2.24, 2.45) is 0 Å². The molecule has 0 bridgehead atoms. The van der Waals surface area contributed by atoms with Crippen molar-refractivity contribution in [2.45, 2.75) is 12.5 Å². The van der Waals surface area contributed by atoms with Crippen LogP contribution in [0.5, 0.6) is 0 Å². The van der Waals surface area contributed by atoms with Crippen molar-refractivity contribution in [3.8, 4) is 0 Å². The molecule has 126 valence electrons. The van der Waals surface area contributed by atoms with E-state index in [4.69, 9.17) is 23.2 Å². The van der Waals surface area contributed by atoms with E-state index in [1.807, 2.05) is 72.8 Å². The molecular weight excluding hydrogens is 353 g/mol. The maximum Gasteiger partial charge on any atom is 0.165 e. The summed E-state index contributed by atoms with van der Waals surface area (Å²) < 4.78 is 0. The fourth-order valence-electron chi connectivity index (χ4n) is 2.64. The van der Waals surface area contributed by atoms with Gasteiger partial charge in [-0.05, 0) is 29.8 Å². The predicted molar refractivity (Wildman–Crippen MR) is 105 cm³/mol. The Labute approximate surface area is 157 Å². The number of hydrogen-bond donors (Lipinski definition) is 1. The van der Waals surface area contributed by atoms with E-state index < -0.39 is 0 Å². The number of rotatable bonds is 6. The molecule has 0 saturated heterocycles. The molecular formula is C21H17Cl2NO. The zero-order valence-electron chi connectivity index (χ0n) is 13.5. The van der Waals surface area contributed by atoms with Gasteiger partial charge in [0.15, 0.2) is 5.78 Å². The third-order valence-electron chi connectivity index (χ3n) is 3.95. The molecule has 0 aromatic heterocycles. The number of benzene rings is 3. The fourth-order valence-corrected chi connectivity index (χ4v) is 2.95. The molecule has 3 aromatic rings. The first-order valence-electron chi connectivity index (χ1n) is 7.98. The number of carbonyl (C=O) groups excluding carboxylic acids is 1. The standard InChI is InChI=1S/C21H17Cl2NO/c22-18-12-11-16(13-19(18)23)20(24-17-9-5-2-6-10-17)14-21(25)15-7-3-1-4-8-15/h1-13,20,24H,14H2. The second-order valence-electron chi connectivity index (χ2n) is 5.73. The van der Waals surface area contributed by atoms with Crippen molar-refractivity contribution in [1.29, 1.82) is 0 Å². The first-order chi connectivity index (χ1) is 12.1. The topological polar surface area (TPSA) is 29.1 Å². The van der Waals surface area contributed by atoms with Crippen molar-refractivity contribution in [3.63, 3.8) is 0 Å². The summed E-state index contributed by atoms with van der Waals surface area (Å²) in [5.41, 5.74) is 2.56. The summed E-state index contributed by atoms with van der Waals surface area (Å²) in [7, 11) is 0. The predicted octanol–water partition coefficient (Wildman–Crippen LogP) is 6.42. The summed E-state index contributed by atoms with van der Waals surface area (Å²) in [5, 5.41) is 4.40. The number of para-hydroxylation sites is 1. The van der Waals surface area contributed by atoms with Crippen molar-refractivity contribution in [1.82, 2.24) is 0 Å². The Morgan fingerprint density at radius 3 is 2.12 bits per heavy atom. The van der Waals surface area contributed by atoms with Gasteiger partial charge >= 0.3 is 0 Å². The number of halogens is 2. The van der Waals surface area contributed by atoms with Crippen LogP contribution in [0, 0.1) is 0 Å². The van der Waals surface area contributed by atoms with Crippen LogP contribution in [0.3, 0.4) is 0 Å². The van der Waals surface area contributed by atoms with Crippen LogP contribution < -0.4 is 5.32 Å². The van der Waals surface area contributed by atoms with Gasteiger partial charge in [0.05, 0.1) is 16.1 Å². The van der Waals surface area contributed by atoms with Crippen LogP contribution in [0.15, 0.2) is 78.9 Å². The van der Waals surface area contributed by atoms with Crippen LogP contribution in [-0.4, -0.2) is 5.78 Å². The second kappa shape index (κ2) is 8.19. The number of hydrogen-bond acceptors (Lipinski definition) is 2. The van der Waals surface area contributed by atoms with Gasteiger partial charge in [-0.15, -0.1) is 0 Å². The van der Waals surface area contributed by atoms with Gasteiger partial charge < -0.3 is 5.32 Å². The lowest BCUT2D eigenvalue weighted by Gasteiger charge is -2.20. The van der Waals surface area contributed by atoms with Gasteiger partial charge in [0.1, 0.15) is 0 Å². The maximum atomic E-state index is 12.7. The van der Waals surface area contributed by atoms with Crippen LogP contribution in [0.2, 0.25) is 10.0 Å². The lowest BCUT2D eigenvalue weighted by Crippen LogP contribution is -2.16. The Balaban J connectivity index is 1.88. The average Bonchev–Trinajstić information content (AvgIpc) is 2.65. The molecule has 0 aliphatic carbocycles. The lowest BCUT2D eigenvalue weighted by atomic mass is 9.97. The highest BCUT2D eigenvalue weighted by Crippen LogP contribution is 2.30. The molecule has 0 fully saturated rings. The zero-order valence-corrected chi connectivity index (χ0v) is 15.0. The molecule has 0 radical (unpaired) electrons. The molecule has 1 unspecified atom stereocenters. The smallest absolute Gasteiger partial charge is 0.165 e. The number of anilines is 1. The molecule has 25 heavy (non-hydrogen) atoms. The average molecular weight is 370 g/mol. The molecule has 0 aliphatic rings. The maximum absolute atomic E-state index is 12.7. The molecule has 0 aliphatic heterocycles. The summed E-state index contributed by atoms with van der Waals surface area (Å²) in [6.45, 7) is 0. The first-order valence-corrected chi connectivity index (χ1v) is 8.74. The fraction of sp³-hybridized carbons (Fsp3) is 0.0952. The summed E-state index contributed by atoms with van der Waals surface area (Å²) in [6.07, 6.45) is 0.316. The van der Waals surface area contributed by atoms with Gasteiger partial charge in [0, 0.05) is 17.7 Å². The SMILES string of the molecule is O=C(CC(Nc1ccccc1)c1ccc(Cl)c(Cl)c1)c1ccccc1. The highest BCUT2D eigenvalue weighted by molar-refractivity contribution is 6.42. The lowest BCUT2D eigenvalue weighted by molar-refractivity contribution is 0.0976. The van der Waals surface area contributed by atoms with Crippen LogP contribution in [0.25, 0.3) is 0 Å². The highest BCUT2D eigenvalue weighted by atomic mass is 35.5. The Morgan fingerprint density at radius 1 is 0.840 bits per heavy atom. The van der Waals surface area contributed by atoms with E-state index in [0.717, 1.165) is 11.3 Å². The Kier molecular flexibility index (Phi) is 5.75. The van der Waals surface area contributed by atoms with Crippen LogP contribution in [-0.2, 0) is 0 Å². The number of Topliss-reactive ketones (excluding diaryl/α,β-unsaturated/α-hetero) is 1. The summed E-state index contributed by atoms with van der Waals surface area (Å²) in [5.74, 6) is 0.0695. The molecule has 0 saturated carbocycles. The van der Waals surface area contributed by atoms with E-state index in [1.165, 1.54) is 0 Å². The van der Waals surface area contributed by atoms with Gasteiger partial charge in [-0.3, -0.25) is 4.79 Å². The molecule has 3 aromatic carbocycles. The minimum atomic E-state index is -0.204. The van der Waals surface area contributed by atoms with Crippen molar-refractivity contribution >= 4 is 34.7 Å². The third kappa shape index (κ3) is 4.62. The molecule has 1 atom stereocenters. The second-order valence-corrected chi connectivity index (χ2v) is 6.54. The van der Waals surface area contributed by atoms with E-state index in [-0.39, 0.29) is 11.8 Å². The molecule has 4 heteroatoms. The molecule has 0 amide bonds. The highest BCUT2D eigenvalue weighted by Gasteiger charge is 2.18. The molecule has 2 nitrogen and oxygen atoms in total. The van der Waals surface area contributed by atoms with Crippen LogP contribution >= 0.6 is 23.2 Å². The van der Waals surface area contributed by atoms with E-state index >= 15 is 0 Å². The van der Waals surface area contributed by atoms with E-state index in [2.05, 4.69) is 5.32 Å². The Bertz CT molecular complexity index is 850. The summed E-state index contributed by atoms with van der Waals surface area (Å²) in [4.78, 5) is 12.7. The van der Waals surface area contributed by atoms with Gasteiger partial charge in [-0.25, -0.2) is 0 Å². The monoisotopic (exact) mass is 369 g/mol. The number of nitrogens with one attached hydrogen (secondary N) is 1. The largest absolute Gasteiger partial charge is 0.378 e. The number of ketones is 1. The first kappa shape index (κ1) is 17.5. The molecule has 0 spiro atoms. The van der Waals surface area contributed by atoms with Crippen LogP contribution in [0.1, 0.15) is 28.4 Å². The summed E-state index contributed by atoms with van der Waals surface area (Å²) in [6, 6.07) is 24.3. The molecule has 0 heterocycles. The van der Waals surface area contributed by atoms with Gasteiger partial charge in [-0.1, -0.05) is 77.8 Å². The van der Waals surface area contributed by atoms with E-state index in [1.54, 1.807) is 6.07 Å². The van der Waals surface area contributed by atoms with Gasteiger partial charge in [0.2, 0.25) is 0 Å². The van der Waals surface area contributed by atoms with Crippen molar-refractivity contribution in [3.05, 3.63) is 100 Å². The van der Waals surface area contributed by atoms with Crippen molar-refractivity contribution < 1.29 is 4.79 Å².